The highest BCUT2D eigenvalue weighted by Gasteiger charge is 2.17. The average Bonchev–Trinajstić information content (AvgIpc) is 2.45. The molecule has 3 heteroatoms. The second-order valence-corrected chi connectivity index (χ2v) is 4.52. The zero-order chi connectivity index (χ0) is 13.7. The van der Waals surface area contributed by atoms with Crippen molar-refractivity contribution in [2.75, 3.05) is 13.7 Å². The summed E-state index contributed by atoms with van der Waals surface area (Å²) in [5.41, 5.74) is 3.62. The van der Waals surface area contributed by atoms with Gasteiger partial charge in [-0.25, -0.2) is 0 Å². The highest BCUT2D eigenvalue weighted by atomic mass is 16.5. The van der Waals surface area contributed by atoms with Gasteiger partial charge in [-0.05, 0) is 25.1 Å². The van der Waals surface area contributed by atoms with Crippen molar-refractivity contribution >= 4 is 0 Å². The van der Waals surface area contributed by atoms with Crippen molar-refractivity contribution in [1.29, 1.82) is 0 Å². The van der Waals surface area contributed by atoms with Crippen molar-refractivity contribution in [2.45, 2.75) is 19.9 Å². The summed E-state index contributed by atoms with van der Waals surface area (Å²) in [6, 6.07) is 10.7. The zero-order valence-corrected chi connectivity index (χ0v) is 11.7. The lowest BCUT2D eigenvalue weighted by atomic mass is 9.97. The van der Waals surface area contributed by atoms with E-state index in [0.717, 1.165) is 17.9 Å². The van der Waals surface area contributed by atoms with Crippen molar-refractivity contribution in [2.24, 2.45) is 0 Å². The Kier molecular flexibility index (Phi) is 4.53. The number of aromatic nitrogens is 1. The molecule has 1 N–H and O–H groups in total. The Bertz CT molecular complexity index is 540. The number of nitrogens with one attached hydrogen (secondary N) is 1. The second kappa shape index (κ2) is 6.34. The van der Waals surface area contributed by atoms with Crippen LogP contribution < -0.4 is 10.1 Å². The van der Waals surface area contributed by atoms with E-state index >= 15 is 0 Å². The molecule has 100 valence electrons. The molecule has 2 rings (SSSR count). The lowest BCUT2D eigenvalue weighted by Crippen LogP contribution is -2.22. The van der Waals surface area contributed by atoms with Gasteiger partial charge in [0.05, 0.1) is 19.3 Å². The molecular formula is C16H20N2O. The van der Waals surface area contributed by atoms with Gasteiger partial charge in [0, 0.05) is 11.8 Å². The Balaban J connectivity index is 2.45. The van der Waals surface area contributed by atoms with E-state index in [-0.39, 0.29) is 6.04 Å². The Morgan fingerprint density at radius 1 is 1.32 bits per heavy atom. The minimum atomic E-state index is 0.128. The molecule has 1 heterocycles. The van der Waals surface area contributed by atoms with Crippen molar-refractivity contribution in [3.8, 4) is 5.75 Å². The maximum Gasteiger partial charge on any atom is 0.142 e. The van der Waals surface area contributed by atoms with Gasteiger partial charge in [0.2, 0.25) is 0 Å². The normalized spacial score (nSPS) is 12.2. The lowest BCUT2D eigenvalue weighted by molar-refractivity contribution is 0.402. The van der Waals surface area contributed by atoms with E-state index in [1.807, 2.05) is 6.07 Å². The first kappa shape index (κ1) is 13.6. The Hall–Kier alpha value is -1.87. The molecule has 0 aliphatic heterocycles. The Morgan fingerprint density at radius 2 is 2.16 bits per heavy atom. The first-order chi connectivity index (χ1) is 9.26. The van der Waals surface area contributed by atoms with Gasteiger partial charge in [-0.3, -0.25) is 4.98 Å². The highest BCUT2D eigenvalue weighted by molar-refractivity contribution is 5.40. The molecule has 3 nitrogen and oxygen atoms in total. The lowest BCUT2D eigenvalue weighted by Gasteiger charge is -2.21. The first-order valence-electron chi connectivity index (χ1n) is 6.54. The van der Waals surface area contributed by atoms with E-state index in [9.17, 15) is 0 Å². The minimum Gasteiger partial charge on any atom is -0.495 e. The Labute approximate surface area is 114 Å². The Morgan fingerprint density at radius 3 is 2.84 bits per heavy atom. The van der Waals surface area contributed by atoms with Gasteiger partial charge < -0.3 is 10.1 Å². The molecular weight excluding hydrogens is 236 g/mol. The number of nitrogens with zero attached hydrogens (tertiary/aromatic N) is 1. The van der Waals surface area contributed by atoms with Gasteiger partial charge in [0.15, 0.2) is 0 Å². The molecule has 0 radical (unpaired) electrons. The van der Waals surface area contributed by atoms with Crippen LogP contribution in [-0.4, -0.2) is 18.6 Å². The summed E-state index contributed by atoms with van der Waals surface area (Å²) in [5, 5.41) is 3.51. The zero-order valence-electron chi connectivity index (χ0n) is 11.7. The molecule has 0 amide bonds. The summed E-state index contributed by atoms with van der Waals surface area (Å²) in [7, 11) is 1.68. The molecule has 19 heavy (non-hydrogen) atoms. The fourth-order valence-electron chi connectivity index (χ4n) is 2.26. The summed E-state index contributed by atoms with van der Waals surface area (Å²) in [6.45, 7) is 5.11. The maximum atomic E-state index is 5.42. The number of hydrogen-bond acceptors (Lipinski definition) is 3. The number of ether oxygens (including phenoxy) is 1. The molecule has 0 fully saturated rings. The molecule has 0 aliphatic carbocycles. The maximum absolute atomic E-state index is 5.42. The van der Waals surface area contributed by atoms with Crippen LogP contribution in [0.2, 0.25) is 0 Å². The molecule has 1 aromatic carbocycles. The first-order valence-corrected chi connectivity index (χ1v) is 6.54. The summed E-state index contributed by atoms with van der Waals surface area (Å²) >= 11 is 0. The van der Waals surface area contributed by atoms with Gasteiger partial charge in [-0.15, -0.1) is 0 Å². The smallest absolute Gasteiger partial charge is 0.142 e. The largest absolute Gasteiger partial charge is 0.495 e. The van der Waals surface area contributed by atoms with E-state index in [2.05, 4.69) is 48.4 Å². The molecule has 0 saturated heterocycles. The third-order valence-corrected chi connectivity index (χ3v) is 3.13. The van der Waals surface area contributed by atoms with Crippen LogP contribution in [0.15, 0.2) is 42.7 Å². The summed E-state index contributed by atoms with van der Waals surface area (Å²) in [4.78, 5) is 4.12. The number of rotatable bonds is 5. The average molecular weight is 256 g/mol. The van der Waals surface area contributed by atoms with Crippen LogP contribution in [0.3, 0.4) is 0 Å². The van der Waals surface area contributed by atoms with Gasteiger partial charge in [0.25, 0.3) is 0 Å². The molecule has 2 aromatic rings. The quantitative estimate of drug-likeness (QED) is 0.892. The van der Waals surface area contributed by atoms with E-state index in [0.29, 0.717) is 0 Å². The summed E-state index contributed by atoms with van der Waals surface area (Å²) in [5.74, 6) is 0.815. The summed E-state index contributed by atoms with van der Waals surface area (Å²) in [6.07, 6.45) is 3.56. The fraction of sp³-hybridized carbons (Fsp3) is 0.312. The minimum absolute atomic E-state index is 0.128. The van der Waals surface area contributed by atoms with Gasteiger partial charge in [-0.2, -0.15) is 0 Å². The van der Waals surface area contributed by atoms with Crippen LogP contribution in [-0.2, 0) is 0 Å². The van der Waals surface area contributed by atoms with Crippen molar-refractivity contribution < 1.29 is 4.74 Å². The van der Waals surface area contributed by atoms with Crippen LogP contribution in [0.1, 0.15) is 29.7 Å². The fourth-order valence-corrected chi connectivity index (χ4v) is 2.26. The third-order valence-electron chi connectivity index (χ3n) is 3.13. The predicted molar refractivity (Wildman–Crippen MR) is 77.5 cm³/mol. The van der Waals surface area contributed by atoms with Crippen molar-refractivity contribution in [1.82, 2.24) is 10.3 Å². The van der Waals surface area contributed by atoms with Crippen LogP contribution in [0, 0.1) is 6.92 Å². The number of benzene rings is 1. The molecule has 0 spiro atoms. The van der Waals surface area contributed by atoms with E-state index < -0.39 is 0 Å². The number of aryl methyl sites for hydroxylation is 1. The monoisotopic (exact) mass is 256 g/mol. The standard InChI is InChI=1S/C16H20N2O/c1-4-18-16(13-7-5-6-12(2)10-13)14-8-9-17-11-15(14)19-3/h5-11,16,18H,4H2,1-3H3. The number of hydrogen-bond donors (Lipinski definition) is 1. The molecule has 1 unspecified atom stereocenters. The molecule has 0 aliphatic rings. The molecule has 1 atom stereocenters. The highest BCUT2D eigenvalue weighted by Crippen LogP contribution is 2.29. The van der Waals surface area contributed by atoms with E-state index in [1.165, 1.54) is 11.1 Å². The summed E-state index contributed by atoms with van der Waals surface area (Å²) < 4.78 is 5.42. The van der Waals surface area contributed by atoms with Gasteiger partial charge in [0.1, 0.15) is 5.75 Å². The van der Waals surface area contributed by atoms with Crippen LogP contribution >= 0.6 is 0 Å². The predicted octanol–water partition coefficient (Wildman–Crippen LogP) is 3.10. The SMILES string of the molecule is CCNC(c1cccc(C)c1)c1ccncc1OC. The molecule has 0 bridgehead atoms. The molecule has 1 aromatic heterocycles. The van der Waals surface area contributed by atoms with Crippen LogP contribution in [0.4, 0.5) is 0 Å². The third kappa shape index (κ3) is 3.12. The van der Waals surface area contributed by atoms with Crippen molar-refractivity contribution in [3.05, 3.63) is 59.4 Å². The molecule has 0 saturated carbocycles. The van der Waals surface area contributed by atoms with Gasteiger partial charge in [-0.1, -0.05) is 36.8 Å². The van der Waals surface area contributed by atoms with Gasteiger partial charge >= 0.3 is 0 Å². The topological polar surface area (TPSA) is 34.2 Å². The van der Waals surface area contributed by atoms with E-state index in [1.54, 1.807) is 19.5 Å². The van der Waals surface area contributed by atoms with Crippen LogP contribution in [0.25, 0.3) is 0 Å². The van der Waals surface area contributed by atoms with Crippen molar-refractivity contribution in [3.63, 3.8) is 0 Å². The second-order valence-electron chi connectivity index (χ2n) is 4.52. The number of pyridine rings is 1. The number of methoxy groups -OCH3 is 1. The van der Waals surface area contributed by atoms with E-state index in [4.69, 9.17) is 4.74 Å². The van der Waals surface area contributed by atoms with Crippen LogP contribution in [0.5, 0.6) is 5.75 Å².